The van der Waals surface area contributed by atoms with Gasteiger partial charge >= 0.3 is 0 Å². The predicted octanol–water partition coefficient (Wildman–Crippen LogP) is 4.07. The summed E-state index contributed by atoms with van der Waals surface area (Å²) in [6.45, 7) is 2.14. The maximum Gasteiger partial charge on any atom is 0.275 e. The summed E-state index contributed by atoms with van der Waals surface area (Å²) in [7, 11) is 0. The Morgan fingerprint density at radius 1 is 1.19 bits per heavy atom. The van der Waals surface area contributed by atoms with Crippen LogP contribution >= 0.6 is 11.3 Å². The van der Waals surface area contributed by atoms with Gasteiger partial charge < -0.3 is 10.1 Å². The second-order valence-electron chi connectivity index (χ2n) is 6.81. The maximum atomic E-state index is 13.3. The first-order valence-electron chi connectivity index (χ1n) is 9.70. The van der Waals surface area contributed by atoms with Crippen LogP contribution in [-0.2, 0) is 13.0 Å². The first-order chi connectivity index (χ1) is 15.0. The number of anilines is 1. The van der Waals surface area contributed by atoms with Gasteiger partial charge in [-0.15, -0.1) is 0 Å². The zero-order valence-electron chi connectivity index (χ0n) is 16.7. The third-order valence-electron chi connectivity index (χ3n) is 4.37. The molecule has 0 atom stereocenters. The number of aromatic nitrogens is 3. The van der Waals surface area contributed by atoms with Crippen molar-refractivity contribution < 1.29 is 13.9 Å². The lowest BCUT2D eigenvalue weighted by Gasteiger charge is -2.09. The molecule has 0 radical (unpaired) electrons. The molecule has 0 aliphatic heterocycles. The van der Waals surface area contributed by atoms with Crippen LogP contribution in [0.5, 0.6) is 5.75 Å². The van der Waals surface area contributed by atoms with Gasteiger partial charge in [0, 0.05) is 29.8 Å². The molecule has 2 heterocycles. The minimum atomic E-state index is -0.479. The lowest BCUT2D eigenvalue weighted by molar-refractivity contribution is 0.102. The molecule has 0 saturated carbocycles. The molecular weight excluding hydrogens is 419 g/mol. The lowest BCUT2D eigenvalue weighted by atomic mass is 10.2. The average molecular weight is 438 g/mol. The zero-order valence-corrected chi connectivity index (χ0v) is 17.5. The van der Waals surface area contributed by atoms with Crippen molar-refractivity contribution in [3.8, 4) is 5.75 Å². The average Bonchev–Trinajstić information content (AvgIpc) is 3.16. The summed E-state index contributed by atoms with van der Waals surface area (Å²) in [5.74, 6) is -0.409. The number of rotatable bonds is 7. The van der Waals surface area contributed by atoms with Crippen molar-refractivity contribution in [2.45, 2.75) is 26.4 Å². The van der Waals surface area contributed by atoms with E-state index < -0.39 is 11.7 Å². The highest BCUT2D eigenvalue weighted by molar-refractivity contribution is 7.16. The van der Waals surface area contributed by atoms with Gasteiger partial charge in [0.15, 0.2) is 0 Å². The number of hydrogen-bond donors (Lipinski definition) is 1. The Balaban J connectivity index is 1.45. The van der Waals surface area contributed by atoms with Gasteiger partial charge in [-0.1, -0.05) is 30.4 Å². The van der Waals surface area contributed by atoms with Gasteiger partial charge in [-0.2, -0.15) is 9.61 Å². The third-order valence-corrected chi connectivity index (χ3v) is 5.34. The number of halogens is 1. The second-order valence-corrected chi connectivity index (χ2v) is 7.85. The van der Waals surface area contributed by atoms with Crippen molar-refractivity contribution >= 4 is 27.9 Å². The molecule has 4 aromatic rings. The number of carbonyl (C=O) groups excluding carboxylic acids is 1. The highest BCUT2D eigenvalue weighted by Gasteiger charge is 2.10. The van der Waals surface area contributed by atoms with Crippen LogP contribution in [0.3, 0.4) is 0 Å². The van der Waals surface area contributed by atoms with Crippen molar-refractivity contribution in [3.05, 3.63) is 87.0 Å². The normalized spacial score (nSPS) is 10.9. The van der Waals surface area contributed by atoms with E-state index in [2.05, 4.69) is 22.3 Å². The van der Waals surface area contributed by atoms with E-state index in [9.17, 15) is 14.0 Å². The molecule has 7 nitrogen and oxygen atoms in total. The third kappa shape index (κ3) is 4.95. The molecule has 31 heavy (non-hydrogen) atoms. The van der Waals surface area contributed by atoms with Crippen molar-refractivity contribution in [2.24, 2.45) is 0 Å². The summed E-state index contributed by atoms with van der Waals surface area (Å²) < 4.78 is 20.4. The minimum Gasteiger partial charge on any atom is -0.487 e. The number of benzene rings is 2. The largest absolute Gasteiger partial charge is 0.487 e. The SMILES string of the molecule is CCCc1nn2c(=O)cc(COc3cccc(NC(=O)c4cccc(F)c4)c3)nc2s1. The summed E-state index contributed by atoms with van der Waals surface area (Å²) in [5.41, 5.74) is 0.961. The van der Waals surface area contributed by atoms with Gasteiger partial charge in [-0.25, -0.2) is 9.37 Å². The van der Waals surface area contributed by atoms with Crippen molar-refractivity contribution in [2.75, 3.05) is 5.32 Å². The molecule has 0 saturated heterocycles. The molecule has 2 aromatic heterocycles. The van der Waals surface area contributed by atoms with Crippen molar-refractivity contribution in [1.29, 1.82) is 0 Å². The van der Waals surface area contributed by atoms with Gasteiger partial charge in [-0.3, -0.25) is 9.59 Å². The number of hydrogen-bond acceptors (Lipinski definition) is 6. The summed E-state index contributed by atoms with van der Waals surface area (Å²) in [5, 5.41) is 7.87. The van der Waals surface area contributed by atoms with Crippen LogP contribution in [-0.4, -0.2) is 20.5 Å². The molecule has 0 aliphatic rings. The number of nitrogens with zero attached hydrogens (tertiary/aromatic N) is 3. The predicted molar refractivity (Wildman–Crippen MR) is 116 cm³/mol. The Morgan fingerprint density at radius 3 is 2.84 bits per heavy atom. The van der Waals surface area contributed by atoms with Gasteiger partial charge in [-0.05, 0) is 36.8 Å². The number of aryl methyl sites for hydroxylation is 1. The van der Waals surface area contributed by atoms with E-state index in [1.807, 2.05) is 0 Å². The lowest BCUT2D eigenvalue weighted by Crippen LogP contribution is -2.16. The Bertz CT molecular complexity index is 1300. The number of ether oxygens (including phenoxy) is 1. The molecule has 0 unspecified atom stereocenters. The molecular formula is C22H19FN4O3S. The van der Waals surface area contributed by atoms with Crippen LogP contribution in [0.15, 0.2) is 59.4 Å². The van der Waals surface area contributed by atoms with Crippen LogP contribution in [0.2, 0.25) is 0 Å². The van der Waals surface area contributed by atoms with Crippen LogP contribution in [0, 0.1) is 5.82 Å². The quantitative estimate of drug-likeness (QED) is 0.470. The Morgan fingerprint density at radius 2 is 2.03 bits per heavy atom. The van der Waals surface area contributed by atoms with Crippen LogP contribution in [0.1, 0.15) is 34.4 Å². The van der Waals surface area contributed by atoms with Crippen molar-refractivity contribution in [3.63, 3.8) is 0 Å². The number of carbonyl (C=O) groups is 1. The summed E-state index contributed by atoms with van der Waals surface area (Å²) in [6, 6.07) is 13.7. The monoisotopic (exact) mass is 438 g/mol. The van der Waals surface area contributed by atoms with E-state index in [0.717, 1.165) is 17.8 Å². The van der Waals surface area contributed by atoms with Gasteiger partial charge in [0.2, 0.25) is 4.96 Å². The first kappa shape index (κ1) is 20.7. The minimum absolute atomic E-state index is 0.0913. The van der Waals surface area contributed by atoms with E-state index >= 15 is 0 Å². The van der Waals surface area contributed by atoms with E-state index in [4.69, 9.17) is 4.74 Å². The van der Waals surface area contributed by atoms with Gasteiger partial charge in [0.25, 0.3) is 11.5 Å². The van der Waals surface area contributed by atoms with E-state index in [-0.39, 0.29) is 17.7 Å². The zero-order chi connectivity index (χ0) is 21.8. The molecule has 2 aromatic carbocycles. The Labute approximate surface area is 181 Å². The topological polar surface area (TPSA) is 85.6 Å². The molecule has 1 amide bonds. The fourth-order valence-corrected chi connectivity index (χ4v) is 3.96. The van der Waals surface area contributed by atoms with Crippen LogP contribution in [0.25, 0.3) is 4.96 Å². The number of fused-ring (bicyclic) bond motifs is 1. The fraction of sp³-hybridized carbons (Fsp3) is 0.182. The molecule has 158 valence electrons. The molecule has 9 heteroatoms. The highest BCUT2D eigenvalue weighted by atomic mass is 32.1. The second kappa shape index (κ2) is 9.05. The molecule has 0 bridgehead atoms. The van der Waals surface area contributed by atoms with Crippen LogP contribution in [0.4, 0.5) is 10.1 Å². The van der Waals surface area contributed by atoms with Gasteiger partial charge in [0.05, 0.1) is 5.69 Å². The van der Waals surface area contributed by atoms with E-state index in [1.54, 1.807) is 24.3 Å². The first-order valence-corrected chi connectivity index (χ1v) is 10.5. The molecule has 0 spiro atoms. The summed E-state index contributed by atoms with van der Waals surface area (Å²) >= 11 is 1.39. The molecule has 1 N–H and O–H groups in total. The summed E-state index contributed by atoms with van der Waals surface area (Å²) in [6.07, 6.45) is 1.74. The standard InChI is InChI=1S/C22H19FN4O3S/c1-2-5-19-26-27-20(28)12-17(25-22(27)31-19)13-30-18-9-4-8-16(11-18)24-21(29)14-6-3-7-15(23)10-14/h3-4,6-12H,2,5,13H2,1H3,(H,24,29). The molecule has 0 aliphatic carbocycles. The van der Waals surface area contributed by atoms with Gasteiger partial charge in [0.1, 0.15) is 23.2 Å². The number of nitrogens with one attached hydrogen (secondary N) is 1. The fourth-order valence-electron chi connectivity index (χ4n) is 2.94. The molecule has 0 fully saturated rings. The summed E-state index contributed by atoms with van der Waals surface area (Å²) in [4.78, 5) is 29.6. The Hall–Kier alpha value is -3.59. The molecule has 4 rings (SSSR count). The van der Waals surface area contributed by atoms with Crippen LogP contribution < -0.4 is 15.6 Å². The van der Waals surface area contributed by atoms with E-state index in [0.29, 0.717) is 22.1 Å². The smallest absolute Gasteiger partial charge is 0.275 e. The highest BCUT2D eigenvalue weighted by Crippen LogP contribution is 2.20. The van der Waals surface area contributed by atoms with E-state index in [1.165, 1.54) is 46.2 Å². The number of amides is 1. The van der Waals surface area contributed by atoms with Crippen molar-refractivity contribution in [1.82, 2.24) is 14.6 Å². The maximum absolute atomic E-state index is 13.3. The Kier molecular flexibility index (Phi) is 6.03.